The van der Waals surface area contributed by atoms with Gasteiger partial charge in [-0.15, -0.1) is 11.3 Å². The number of hydrogen-bond acceptors (Lipinski definition) is 5. The topological polar surface area (TPSA) is 63.0 Å². The first-order chi connectivity index (χ1) is 10.6. The highest BCUT2D eigenvalue weighted by molar-refractivity contribution is 7.80. The van der Waals surface area contributed by atoms with Gasteiger partial charge in [-0.1, -0.05) is 0 Å². The predicted molar refractivity (Wildman–Crippen MR) is 95.0 cm³/mol. The molecule has 0 spiro atoms. The van der Waals surface area contributed by atoms with Gasteiger partial charge in [-0.25, -0.2) is 4.98 Å². The zero-order valence-corrected chi connectivity index (χ0v) is 14.7. The molecule has 0 aliphatic carbocycles. The van der Waals surface area contributed by atoms with Crippen LogP contribution >= 0.6 is 23.6 Å². The molecule has 6 nitrogen and oxygen atoms in total. The molecule has 0 unspecified atom stereocenters. The smallest absolute Gasteiger partial charge is 0.194 e. The molecule has 2 rings (SSSR count). The van der Waals surface area contributed by atoms with Crippen molar-refractivity contribution < 1.29 is 4.74 Å². The van der Waals surface area contributed by atoms with E-state index in [0.717, 1.165) is 48.2 Å². The van der Waals surface area contributed by atoms with Crippen LogP contribution in [-0.2, 0) is 4.74 Å². The van der Waals surface area contributed by atoms with E-state index < -0.39 is 0 Å². The van der Waals surface area contributed by atoms with Crippen LogP contribution in [0.1, 0.15) is 30.4 Å². The molecule has 0 atom stereocenters. The molecule has 120 valence electrons. The maximum Gasteiger partial charge on any atom is 0.194 e. The quantitative estimate of drug-likeness (QED) is 0.351. The predicted octanol–water partition coefficient (Wildman–Crippen LogP) is 2.24. The normalized spacial score (nSPS) is 11.4. The van der Waals surface area contributed by atoms with Crippen molar-refractivity contribution in [2.75, 3.05) is 19.8 Å². The van der Waals surface area contributed by atoms with Gasteiger partial charge < -0.3 is 10.1 Å². The number of aryl methyl sites for hydroxylation is 2. The fourth-order valence-electron chi connectivity index (χ4n) is 1.99. The molecule has 0 fully saturated rings. The molecule has 0 bridgehead atoms. The SMILES string of the molecule is CCOCCCNC(=S)N/N=C\c1c(C)nc2scc(C)n12. The van der Waals surface area contributed by atoms with Crippen LogP contribution in [0.5, 0.6) is 0 Å². The van der Waals surface area contributed by atoms with Gasteiger partial charge in [0.25, 0.3) is 0 Å². The summed E-state index contributed by atoms with van der Waals surface area (Å²) in [6.07, 6.45) is 2.67. The van der Waals surface area contributed by atoms with Crippen molar-refractivity contribution in [3.8, 4) is 0 Å². The highest BCUT2D eigenvalue weighted by atomic mass is 32.1. The van der Waals surface area contributed by atoms with Gasteiger partial charge in [0.05, 0.1) is 17.6 Å². The van der Waals surface area contributed by atoms with E-state index in [0.29, 0.717) is 5.11 Å². The molecule has 22 heavy (non-hydrogen) atoms. The summed E-state index contributed by atoms with van der Waals surface area (Å²) < 4.78 is 7.35. The first-order valence-corrected chi connectivity index (χ1v) is 8.50. The lowest BCUT2D eigenvalue weighted by Crippen LogP contribution is -2.33. The maximum atomic E-state index is 5.26. The molecule has 2 aromatic heterocycles. The second-order valence-electron chi connectivity index (χ2n) is 4.75. The second-order valence-corrected chi connectivity index (χ2v) is 6.00. The summed E-state index contributed by atoms with van der Waals surface area (Å²) in [5, 5.41) is 9.87. The third-order valence-corrected chi connectivity index (χ3v) is 4.24. The van der Waals surface area contributed by atoms with Crippen LogP contribution in [0.2, 0.25) is 0 Å². The zero-order valence-electron chi connectivity index (χ0n) is 13.0. The van der Waals surface area contributed by atoms with Gasteiger partial charge in [0, 0.05) is 30.8 Å². The average molecular weight is 339 g/mol. The molecule has 0 aliphatic heterocycles. The molecule has 8 heteroatoms. The summed E-state index contributed by atoms with van der Waals surface area (Å²) in [6.45, 7) is 8.26. The molecule has 0 amide bonds. The van der Waals surface area contributed by atoms with Crippen LogP contribution in [0.3, 0.4) is 0 Å². The van der Waals surface area contributed by atoms with Crippen LogP contribution in [0, 0.1) is 13.8 Å². The minimum Gasteiger partial charge on any atom is -0.382 e. The first kappa shape index (κ1) is 16.9. The number of rotatable bonds is 7. The van der Waals surface area contributed by atoms with Crippen LogP contribution in [0.15, 0.2) is 10.5 Å². The maximum absolute atomic E-state index is 5.26. The number of thiazole rings is 1. The third kappa shape index (κ3) is 4.25. The van der Waals surface area contributed by atoms with Gasteiger partial charge in [0.1, 0.15) is 0 Å². The molecule has 0 aliphatic rings. The zero-order chi connectivity index (χ0) is 15.9. The lowest BCUT2D eigenvalue weighted by molar-refractivity contribution is 0.145. The molecule has 0 aromatic carbocycles. The van der Waals surface area contributed by atoms with Gasteiger partial charge >= 0.3 is 0 Å². The Morgan fingerprint density at radius 1 is 1.55 bits per heavy atom. The monoisotopic (exact) mass is 339 g/mol. The van der Waals surface area contributed by atoms with E-state index in [1.807, 2.05) is 13.8 Å². The Labute approximate surface area is 139 Å². The molecular formula is C14H21N5OS2. The van der Waals surface area contributed by atoms with Crippen molar-refractivity contribution in [1.29, 1.82) is 0 Å². The molecule has 0 saturated carbocycles. The number of hydrazone groups is 1. The number of thiocarbonyl (C=S) groups is 1. The fraction of sp³-hybridized carbons (Fsp3) is 0.500. The van der Waals surface area contributed by atoms with Crippen LogP contribution in [-0.4, -0.2) is 40.5 Å². The number of fused-ring (bicyclic) bond motifs is 1. The summed E-state index contributed by atoms with van der Waals surface area (Å²) in [6, 6.07) is 0. The Kier molecular flexibility index (Phi) is 6.29. The number of nitrogens with one attached hydrogen (secondary N) is 2. The van der Waals surface area contributed by atoms with Crippen molar-refractivity contribution >= 4 is 39.8 Å². The van der Waals surface area contributed by atoms with Gasteiger partial charge in [-0.2, -0.15) is 5.10 Å². The van der Waals surface area contributed by atoms with Crippen LogP contribution in [0.25, 0.3) is 4.96 Å². The lowest BCUT2D eigenvalue weighted by Gasteiger charge is -2.06. The molecule has 0 radical (unpaired) electrons. The Bertz CT molecular complexity index is 662. The summed E-state index contributed by atoms with van der Waals surface area (Å²) in [5.74, 6) is 0. The summed E-state index contributed by atoms with van der Waals surface area (Å²) >= 11 is 6.79. The van der Waals surface area contributed by atoms with Crippen LogP contribution < -0.4 is 10.7 Å². The number of ether oxygens (including phenoxy) is 1. The van der Waals surface area contributed by atoms with E-state index in [1.165, 1.54) is 0 Å². The van der Waals surface area contributed by atoms with Gasteiger partial charge in [-0.3, -0.25) is 9.83 Å². The van der Waals surface area contributed by atoms with Gasteiger partial charge in [0.15, 0.2) is 10.1 Å². The molecule has 0 saturated heterocycles. The van der Waals surface area contributed by atoms with Crippen molar-refractivity contribution in [2.24, 2.45) is 5.10 Å². The summed E-state index contributed by atoms with van der Waals surface area (Å²) in [5.41, 5.74) is 5.91. The minimum atomic E-state index is 0.508. The van der Waals surface area contributed by atoms with E-state index in [-0.39, 0.29) is 0 Å². The third-order valence-electron chi connectivity index (χ3n) is 3.06. The molecule has 2 heterocycles. The molecule has 2 N–H and O–H groups in total. The summed E-state index contributed by atoms with van der Waals surface area (Å²) in [7, 11) is 0. The standard InChI is InChI=1S/C14H21N5OS2/c1-4-20-7-5-6-15-13(21)18-16-8-12-11(3)17-14-19(12)10(2)9-22-14/h8-9H,4-7H2,1-3H3,(H2,15,18,21)/b16-8-. The molecule has 2 aromatic rings. The van der Waals surface area contributed by atoms with E-state index in [2.05, 4.69) is 37.5 Å². The van der Waals surface area contributed by atoms with Crippen LogP contribution in [0.4, 0.5) is 0 Å². The Balaban J connectivity index is 1.85. The lowest BCUT2D eigenvalue weighted by atomic mass is 10.3. The Hall–Kier alpha value is -1.51. The number of hydrogen-bond donors (Lipinski definition) is 2. The van der Waals surface area contributed by atoms with Gasteiger partial charge in [0.2, 0.25) is 0 Å². The minimum absolute atomic E-state index is 0.508. The van der Waals surface area contributed by atoms with Crippen molar-refractivity contribution in [3.63, 3.8) is 0 Å². The Morgan fingerprint density at radius 3 is 3.14 bits per heavy atom. The Morgan fingerprint density at radius 2 is 2.36 bits per heavy atom. The summed E-state index contributed by atoms with van der Waals surface area (Å²) in [4.78, 5) is 5.49. The number of nitrogens with zero attached hydrogens (tertiary/aromatic N) is 3. The average Bonchev–Trinajstić information content (AvgIpc) is 2.99. The second kappa shape index (κ2) is 8.21. The first-order valence-electron chi connectivity index (χ1n) is 7.21. The van der Waals surface area contributed by atoms with Crippen molar-refractivity contribution in [2.45, 2.75) is 27.2 Å². The molecular weight excluding hydrogens is 318 g/mol. The van der Waals surface area contributed by atoms with Crippen molar-refractivity contribution in [1.82, 2.24) is 20.1 Å². The van der Waals surface area contributed by atoms with E-state index >= 15 is 0 Å². The number of aromatic nitrogens is 2. The van der Waals surface area contributed by atoms with Gasteiger partial charge in [-0.05, 0) is 39.4 Å². The van der Waals surface area contributed by atoms with E-state index in [1.54, 1.807) is 17.6 Å². The highest BCUT2D eigenvalue weighted by Crippen LogP contribution is 2.18. The van der Waals surface area contributed by atoms with E-state index in [4.69, 9.17) is 17.0 Å². The highest BCUT2D eigenvalue weighted by Gasteiger charge is 2.10. The van der Waals surface area contributed by atoms with E-state index in [9.17, 15) is 0 Å². The largest absolute Gasteiger partial charge is 0.382 e. The van der Waals surface area contributed by atoms with Crippen molar-refractivity contribution in [3.05, 3.63) is 22.5 Å². The fourth-order valence-corrected chi connectivity index (χ4v) is 3.06. The number of imidazole rings is 1.